The number of halogens is 1. The number of nitrogens with zero attached hydrogens (tertiary/aromatic N) is 2. The first-order valence-corrected chi connectivity index (χ1v) is 13.2. The Morgan fingerprint density at radius 2 is 1.47 bits per heavy atom. The zero-order chi connectivity index (χ0) is 30.5. The van der Waals surface area contributed by atoms with Gasteiger partial charge in [0, 0.05) is 23.7 Å². The first kappa shape index (κ1) is 28.9. The summed E-state index contributed by atoms with van der Waals surface area (Å²) in [7, 11) is 4.56. The maximum Gasteiger partial charge on any atom is 0.309 e. The summed E-state index contributed by atoms with van der Waals surface area (Å²) < 4.78 is 37.6. The minimum Gasteiger partial charge on any atom is -0.493 e. The van der Waals surface area contributed by atoms with Crippen LogP contribution in [0, 0.1) is 5.82 Å². The van der Waals surface area contributed by atoms with E-state index in [-0.39, 0.29) is 11.4 Å². The summed E-state index contributed by atoms with van der Waals surface area (Å²) in [4.78, 5) is 25.0. The summed E-state index contributed by atoms with van der Waals surface area (Å²) in [6, 6.07) is 25.1. The summed E-state index contributed by atoms with van der Waals surface area (Å²) in [5, 5.41) is 7.66. The number of ether oxygens (including phenoxy) is 4. The third-order valence-corrected chi connectivity index (χ3v) is 6.54. The largest absolute Gasteiger partial charge is 0.493 e. The normalized spacial score (nSPS) is 10.6. The molecule has 0 fully saturated rings. The predicted molar refractivity (Wildman–Crippen MR) is 160 cm³/mol. The lowest BCUT2D eigenvalue weighted by Gasteiger charge is -2.14. The second-order valence-corrected chi connectivity index (χ2v) is 9.33. The standard InChI is InChI=1S/C33H28FN3O6/c1-20(38)43-33-29(21-13-15-25(16-14-21)35-32(39)22-9-8-10-24(34)17-22)30(36-37(33)26-11-6-5-7-12-26)23-18-27(40-2)31(42-4)28(19-23)41-3/h5-19H,1-4H3,(H,35,39). The molecule has 0 unspecified atom stereocenters. The van der Waals surface area contributed by atoms with Crippen molar-refractivity contribution < 1.29 is 32.9 Å². The van der Waals surface area contributed by atoms with E-state index < -0.39 is 17.7 Å². The van der Waals surface area contributed by atoms with Crippen molar-refractivity contribution in [2.75, 3.05) is 26.6 Å². The summed E-state index contributed by atoms with van der Waals surface area (Å²) in [5.41, 5.74) is 3.57. The number of methoxy groups -OCH3 is 3. The number of hydrogen-bond donors (Lipinski definition) is 1. The van der Waals surface area contributed by atoms with Gasteiger partial charge in [0.1, 0.15) is 11.5 Å². The Balaban J connectivity index is 1.67. The minimum atomic E-state index is -0.534. The molecule has 5 aromatic rings. The van der Waals surface area contributed by atoms with Gasteiger partial charge in [0.05, 0.1) is 32.6 Å². The Morgan fingerprint density at radius 1 is 0.791 bits per heavy atom. The number of anilines is 1. The predicted octanol–water partition coefficient (Wildman–Crippen LogP) is 6.55. The highest BCUT2D eigenvalue weighted by Gasteiger charge is 2.26. The maximum atomic E-state index is 13.6. The monoisotopic (exact) mass is 581 g/mol. The van der Waals surface area contributed by atoms with Gasteiger partial charge in [-0.25, -0.2) is 4.39 Å². The zero-order valence-electron chi connectivity index (χ0n) is 23.9. The average molecular weight is 582 g/mol. The van der Waals surface area contributed by atoms with E-state index in [2.05, 4.69) is 5.32 Å². The van der Waals surface area contributed by atoms with Crippen LogP contribution in [0.1, 0.15) is 17.3 Å². The van der Waals surface area contributed by atoms with E-state index in [1.54, 1.807) is 41.1 Å². The number of aromatic nitrogens is 2. The van der Waals surface area contributed by atoms with Crippen LogP contribution in [0.2, 0.25) is 0 Å². The van der Waals surface area contributed by atoms with Crippen LogP contribution in [0.25, 0.3) is 28.1 Å². The molecule has 218 valence electrons. The van der Waals surface area contributed by atoms with Gasteiger partial charge in [-0.15, -0.1) is 0 Å². The molecular formula is C33H28FN3O6. The maximum absolute atomic E-state index is 13.6. The average Bonchev–Trinajstić information content (AvgIpc) is 3.39. The van der Waals surface area contributed by atoms with Gasteiger partial charge in [-0.1, -0.05) is 36.4 Å². The van der Waals surface area contributed by atoms with Crippen molar-refractivity contribution in [2.45, 2.75) is 6.92 Å². The van der Waals surface area contributed by atoms with Crippen molar-refractivity contribution in [1.29, 1.82) is 0 Å². The van der Waals surface area contributed by atoms with E-state index in [1.165, 1.54) is 46.5 Å². The number of para-hydroxylation sites is 1. The van der Waals surface area contributed by atoms with Crippen LogP contribution in [0.3, 0.4) is 0 Å². The van der Waals surface area contributed by atoms with Gasteiger partial charge < -0.3 is 24.3 Å². The van der Waals surface area contributed by atoms with Crippen LogP contribution >= 0.6 is 0 Å². The van der Waals surface area contributed by atoms with E-state index >= 15 is 0 Å². The molecule has 0 aliphatic carbocycles. The Hall–Kier alpha value is -5.64. The number of carbonyl (C=O) groups is 2. The number of rotatable bonds is 9. The van der Waals surface area contributed by atoms with Crippen LogP contribution in [0.4, 0.5) is 10.1 Å². The number of nitrogens with one attached hydrogen (secondary N) is 1. The lowest BCUT2D eigenvalue weighted by atomic mass is 10.00. The van der Waals surface area contributed by atoms with Gasteiger partial charge in [0.15, 0.2) is 11.5 Å². The third-order valence-electron chi connectivity index (χ3n) is 6.54. The molecule has 43 heavy (non-hydrogen) atoms. The topological polar surface area (TPSA) is 101 Å². The fourth-order valence-electron chi connectivity index (χ4n) is 4.61. The van der Waals surface area contributed by atoms with E-state index in [1.807, 2.05) is 30.3 Å². The van der Waals surface area contributed by atoms with Crippen LogP contribution in [-0.4, -0.2) is 43.0 Å². The lowest BCUT2D eigenvalue weighted by Crippen LogP contribution is -2.11. The Morgan fingerprint density at radius 3 is 2.05 bits per heavy atom. The zero-order valence-corrected chi connectivity index (χ0v) is 23.9. The van der Waals surface area contributed by atoms with Crippen molar-refractivity contribution in [3.8, 4) is 51.2 Å². The van der Waals surface area contributed by atoms with E-state index in [0.29, 0.717) is 51.0 Å². The number of carbonyl (C=O) groups excluding carboxylic acids is 2. The number of esters is 1. The molecule has 0 aliphatic heterocycles. The molecule has 0 atom stereocenters. The quantitative estimate of drug-likeness (QED) is 0.197. The van der Waals surface area contributed by atoms with Crippen LogP contribution < -0.4 is 24.3 Å². The molecular weight excluding hydrogens is 553 g/mol. The van der Waals surface area contributed by atoms with Gasteiger partial charge in [-0.3, -0.25) is 9.59 Å². The summed E-state index contributed by atoms with van der Waals surface area (Å²) in [6.45, 7) is 1.32. The Kier molecular flexibility index (Phi) is 8.38. The van der Waals surface area contributed by atoms with Crippen LogP contribution in [0.15, 0.2) is 91.0 Å². The molecule has 0 saturated carbocycles. The SMILES string of the molecule is COc1cc(-c2nn(-c3ccccc3)c(OC(C)=O)c2-c2ccc(NC(=O)c3cccc(F)c3)cc2)cc(OC)c1OC. The fraction of sp³-hybridized carbons (Fsp3) is 0.121. The van der Waals surface area contributed by atoms with Gasteiger partial charge in [-0.2, -0.15) is 9.78 Å². The van der Waals surface area contributed by atoms with Gasteiger partial charge in [-0.05, 0) is 60.2 Å². The van der Waals surface area contributed by atoms with Crippen molar-refractivity contribution >= 4 is 17.6 Å². The van der Waals surface area contributed by atoms with Crippen molar-refractivity contribution in [1.82, 2.24) is 9.78 Å². The van der Waals surface area contributed by atoms with Crippen LogP contribution in [0.5, 0.6) is 23.1 Å². The second-order valence-electron chi connectivity index (χ2n) is 9.33. The molecule has 10 heteroatoms. The second kappa shape index (κ2) is 12.5. The molecule has 0 spiro atoms. The molecule has 1 aromatic heterocycles. The molecule has 1 N–H and O–H groups in total. The third kappa shape index (κ3) is 6.03. The van der Waals surface area contributed by atoms with E-state index in [9.17, 15) is 14.0 Å². The molecule has 0 bridgehead atoms. The highest BCUT2D eigenvalue weighted by Crippen LogP contribution is 2.46. The first-order chi connectivity index (χ1) is 20.8. The highest BCUT2D eigenvalue weighted by molar-refractivity contribution is 6.04. The number of hydrogen-bond acceptors (Lipinski definition) is 7. The van der Waals surface area contributed by atoms with Gasteiger partial charge in [0.25, 0.3) is 5.91 Å². The molecule has 1 amide bonds. The summed E-state index contributed by atoms with van der Waals surface area (Å²) in [5.74, 6) is -0.0502. The van der Waals surface area contributed by atoms with E-state index in [0.717, 1.165) is 6.07 Å². The molecule has 5 rings (SSSR count). The molecule has 4 aromatic carbocycles. The fourth-order valence-corrected chi connectivity index (χ4v) is 4.61. The molecule has 1 heterocycles. The molecule has 9 nitrogen and oxygen atoms in total. The Bertz CT molecular complexity index is 1760. The van der Waals surface area contributed by atoms with Crippen molar-refractivity contribution in [3.63, 3.8) is 0 Å². The molecule has 0 radical (unpaired) electrons. The van der Waals surface area contributed by atoms with Gasteiger partial charge >= 0.3 is 5.97 Å². The first-order valence-electron chi connectivity index (χ1n) is 13.2. The van der Waals surface area contributed by atoms with Crippen molar-refractivity contribution in [3.05, 3.63) is 102 Å². The molecule has 0 saturated heterocycles. The van der Waals surface area contributed by atoms with Crippen molar-refractivity contribution in [2.24, 2.45) is 0 Å². The number of amides is 1. The molecule has 0 aliphatic rings. The van der Waals surface area contributed by atoms with Gasteiger partial charge in [0.2, 0.25) is 11.6 Å². The Labute approximate surface area is 247 Å². The summed E-state index contributed by atoms with van der Waals surface area (Å²) in [6.07, 6.45) is 0. The highest BCUT2D eigenvalue weighted by atomic mass is 19.1. The summed E-state index contributed by atoms with van der Waals surface area (Å²) >= 11 is 0. The lowest BCUT2D eigenvalue weighted by molar-refractivity contribution is -0.132. The number of benzene rings is 4. The van der Waals surface area contributed by atoms with E-state index in [4.69, 9.17) is 24.0 Å². The van der Waals surface area contributed by atoms with Crippen LogP contribution in [-0.2, 0) is 4.79 Å². The minimum absolute atomic E-state index is 0.190. The smallest absolute Gasteiger partial charge is 0.309 e.